The zero-order chi connectivity index (χ0) is 22.0. The lowest BCUT2D eigenvalue weighted by Gasteiger charge is -2.30. The lowest BCUT2D eigenvalue weighted by Crippen LogP contribution is -2.39. The number of carbonyl (C=O) groups excluding carboxylic acids is 2. The number of carbonyl (C=O) groups is 2. The molecule has 3 aromatic rings. The summed E-state index contributed by atoms with van der Waals surface area (Å²) in [5.41, 5.74) is 2.96. The molecule has 7 heteroatoms. The summed E-state index contributed by atoms with van der Waals surface area (Å²) in [5, 5.41) is 2.12. The van der Waals surface area contributed by atoms with E-state index in [4.69, 9.17) is 4.74 Å². The van der Waals surface area contributed by atoms with Gasteiger partial charge in [0.15, 0.2) is 0 Å². The fourth-order valence-corrected chi connectivity index (χ4v) is 4.20. The van der Waals surface area contributed by atoms with Crippen LogP contribution in [-0.2, 0) is 27.8 Å². The van der Waals surface area contributed by atoms with Gasteiger partial charge in [0.1, 0.15) is 11.6 Å². The fourth-order valence-electron chi connectivity index (χ4n) is 4.20. The molecule has 1 aliphatic heterocycles. The zero-order valence-corrected chi connectivity index (χ0v) is 18.3. The Morgan fingerprint density at radius 3 is 2.55 bits per heavy atom. The first-order valence-corrected chi connectivity index (χ1v) is 10.6. The molecule has 0 spiro atoms. The molecule has 0 saturated carbocycles. The molecule has 1 aliphatic rings. The SMILES string of the molecule is COC(=O)CN1CCC(C(=O)Cc2cc3cc(-c4cnc(C)n4C)ccc3cn2)CC1. The average molecular weight is 421 g/mol. The van der Waals surface area contributed by atoms with Crippen molar-refractivity contribution in [1.29, 1.82) is 0 Å². The summed E-state index contributed by atoms with van der Waals surface area (Å²) in [7, 11) is 3.41. The van der Waals surface area contributed by atoms with Crippen LogP contribution < -0.4 is 0 Å². The Labute approximate surface area is 182 Å². The second-order valence-electron chi connectivity index (χ2n) is 8.26. The van der Waals surface area contributed by atoms with E-state index < -0.39 is 0 Å². The van der Waals surface area contributed by atoms with Gasteiger partial charge in [0, 0.05) is 42.2 Å². The Balaban J connectivity index is 1.44. The van der Waals surface area contributed by atoms with Crippen LogP contribution in [0.5, 0.6) is 0 Å². The minimum atomic E-state index is -0.231. The Bertz CT molecular complexity index is 1110. The summed E-state index contributed by atoms with van der Waals surface area (Å²) in [5.74, 6) is 0.984. The number of imidazole rings is 1. The molecule has 0 amide bonds. The molecule has 0 radical (unpaired) electrons. The number of aryl methyl sites for hydroxylation is 1. The Morgan fingerprint density at radius 2 is 1.87 bits per heavy atom. The first-order valence-electron chi connectivity index (χ1n) is 10.6. The van der Waals surface area contributed by atoms with Crippen LogP contribution in [0.15, 0.2) is 36.7 Å². The van der Waals surface area contributed by atoms with Crippen molar-refractivity contribution in [2.75, 3.05) is 26.7 Å². The number of ether oxygens (including phenoxy) is 1. The van der Waals surface area contributed by atoms with Crippen molar-refractivity contribution in [1.82, 2.24) is 19.4 Å². The standard InChI is InChI=1S/C24H28N4O3/c1-16-25-14-22(27(16)2)18-4-5-19-13-26-21(11-20(19)10-18)12-23(29)17-6-8-28(9-7-17)15-24(30)31-3/h4-5,10-11,13-14,17H,6-9,12,15H2,1-3H3. The van der Waals surface area contributed by atoms with Crippen molar-refractivity contribution in [3.05, 3.63) is 48.2 Å². The number of aromatic nitrogens is 3. The van der Waals surface area contributed by atoms with Crippen LogP contribution in [0.3, 0.4) is 0 Å². The number of methoxy groups -OCH3 is 1. The van der Waals surface area contributed by atoms with E-state index in [0.29, 0.717) is 13.0 Å². The lowest BCUT2D eigenvalue weighted by molar-refractivity contribution is -0.142. The number of likely N-dealkylation sites (tertiary alicyclic amines) is 1. The van der Waals surface area contributed by atoms with E-state index in [1.807, 2.05) is 37.3 Å². The van der Waals surface area contributed by atoms with Gasteiger partial charge < -0.3 is 9.30 Å². The van der Waals surface area contributed by atoms with Gasteiger partial charge in [-0.25, -0.2) is 4.98 Å². The molecule has 0 bridgehead atoms. The van der Waals surface area contributed by atoms with E-state index in [1.54, 1.807) is 0 Å². The normalized spacial score (nSPS) is 15.3. The molecule has 4 rings (SSSR count). The van der Waals surface area contributed by atoms with Crippen molar-refractivity contribution in [2.45, 2.75) is 26.2 Å². The molecule has 3 heterocycles. The van der Waals surface area contributed by atoms with Gasteiger partial charge in [-0.2, -0.15) is 0 Å². The van der Waals surface area contributed by atoms with Gasteiger partial charge in [0.05, 0.1) is 25.5 Å². The highest BCUT2D eigenvalue weighted by atomic mass is 16.5. The number of benzene rings is 1. The second-order valence-corrected chi connectivity index (χ2v) is 8.26. The molecule has 7 nitrogen and oxygen atoms in total. The van der Waals surface area contributed by atoms with Gasteiger partial charge in [0.25, 0.3) is 0 Å². The Morgan fingerprint density at radius 1 is 1.10 bits per heavy atom. The monoisotopic (exact) mass is 420 g/mol. The number of piperidine rings is 1. The van der Waals surface area contributed by atoms with Crippen molar-refractivity contribution >= 4 is 22.5 Å². The topological polar surface area (TPSA) is 77.3 Å². The summed E-state index contributed by atoms with van der Waals surface area (Å²) >= 11 is 0. The van der Waals surface area contributed by atoms with Crippen molar-refractivity contribution < 1.29 is 14.3 Å². The third-order valence-electron chi connectivity index (χ3n) is 6.27. The smallest absolute Gasteiger partial charge is 0.319 e. The molecule has 1 fully saturated rings. The maximum absolute atomic E-state index is 12.9. The van der Waals surface area contributed by atoms with E-state index in [2.05, 4.69) is 32.7 Å². The molecule has 1 aromatic carbocycles. The van der Waals surface area contributed by atoms with Gasteiger partial charge in [-0.1, -0.05) is 12.1 Å². The van der Waals surface area contributed by atoms with E-state index in [1.165, 1.54) is 7.11 Å². The number of pyridine rings is 1. The van der Waals surface area contributed by atoms with Crippen LogP contribution in [0.25, 0.3) is 22.0 Å². The van der Waals surface area contributed by atoms with Gasteiger partial charge in [-0.3, -0.25) is 19.5 Å². The predicted molar refractivity (Wildman–Crippen MR) is 119 cm³/mol. The van der Waals surface area contributed by atoms with Gasteiger partial charge in [-0.05, 0) is 50.4 Å². The Kier molecular flexibility index (Phi) is 6.13. The summed E-state index contributed by atoms with van der Waals surface area (Å²) in [6.45, 7) is 3.76. The van der Waals surface area contributed by atoms with E-state index in [-0.39, 0.29) is 17.7 Å². The van der Waals surface area contributed by atoms with E-state index in [9.17, 15) is 9.59 Å². The first-order chi connectivity index (χ1) is 14.9. The zero-order valence-electron chi connectivity index (χ0n) is 18.3. The first kappa shape index (κ1) is 21.2. The number of ketones is 1. The number of nitrogens with zero attached hydrogens (tertiary/aromatic N) is 4. The largest absolute Gasteiger partial charge is 0.468 e. The summed E-state index contributed by atoms with van der Waals surface area (Å²) in [6.07, 6.45) is 5.61. The number of hydrogen-bond donors (Lipinski definition) is 0. The van der Waals surface area contributed by atoms with Crippen LogP contribution in [-0.4, -0.2) is 57.9 Å². The van der Waals surface area contributed by atoms with Crippen molar-refractivity contribution in [2.24, 2.45) is 13.0 Å². The van der Waals surface area contributed by atoms with Crippen LogP contribution >= 0.6 is 0 Å². The third kappa shape index (κ3) is 4.66. The summed E-state index contributed by atoms with van der Waals surface area (Å²) < 4.78 is 6.79. The average Bonchev–Trinajstić information content (AvgIpc) is 3.12. The fraction of sp³-hybridized carbons (Fsp3) is 0.417. The minimum Gasteiger partial charge on any atom is -0.468 e. The van der Waals surface area contributed by atoms with Crippen LogP contribution in [0, 0.1) is 12.8 Å². The van der Waals surface area contributed by atoms with Gasteiger partial charge >= 0.3 is 5.97 Å². The van der Waals surface area contributed by atoms with Crippen molar-refractivity contribution in [3.63, 3.8) is 0 Å². The number of fused-ring (bicyclic) bond motifs is 1. The number of esters is 1. The maximum atomic E-state index is 12.9. The van der Waals surface area contributed by atoms with E-state index >= 15 is 0 Å². The molecule has 0 aliphatic carbocycles. The minimum absolute atomic E-state index is 0.0233. The predicted octanol–water partition coefficient (Wildman–Crippen LogP) is 2.94. The molecular formula is C24H28N4O3. The molecule has 0 N–H and O–H groups in total. The molecule has 0 atom stereocenters. The molecule has 162 valence electrons. The van der Waals surface area contributed by atoms with Crippen molar-refractivity contribution in [3.8, 4) is 11.3 Å². The number of hydrogen-bond acceptors (Lipinski definition) is 6. The number of rotatable bonds is 6. The third-order valence-corrected chi connectivity index (χ3v) is 6.27. The number of Topliss-reactive ketones (excluding diaryl/α,β-unsaturated/α-hetero) is 1. The molecule has 1 saturated heterocycles. The second kappa shape index (κ2) is 8.98. The van der Waals surface area contributed by atoms with E-state index in [0.717, 1.165) is 59.5 Å². The van der Waals surface area contributed by atoms with Gasteiger partial charge in [-0.15, -0.1) is 0 Å². The molecule has 0 unspecified atom stereocenters. The van der Waals surface area contributed by atoms with Crippen LogP contribution in [0.4, 0.5) is 0 Å². The highest BCUT2D eigenvalue weighted by Gasteiger charge is 2.26. The lowest BCUT2D eigenvalue weighted by atomic mass is 9.90. The highest BCUT2D eigenvalue weighted by molar-refractivity contribution is 5.88. The van der Waals surface area contributed by atoms with Crippen LogP contribution in [0.1, 0.15) is 24.4 Å². The summed E-state index contributed by atoms with van der Waals surface area (Å²) in [4.78, 5) is 35.2. The van der Waals surface area contributed by atoms with Gasteiger partial charge in [0.2, 0.25) is 0 Å². The quantitative estimate of drug-likeness (QED) is 0.571. The maximum Gasteiger partial charge on any atom is 0.319 e. The molecule has 31 heavy (non-hydrogen) atoms. The van der Waals surface area contributed by atoms with Crippen LogP contribution in [0.2, 0.25) is 0 Å². The molecule has 2 aromatic heterocycles. The Hall–Kier alpha value is -3.06. The molecular weight excluding hydrogens is 392 g/mol. The highest BCUT2D eigenvalue weighted by Crippen LogP contribution is 2.26. The summed E-state index contributed by atoms with van der Waals surface area (Å²) in [6, 6.07) is 8.29.